The maximum Gasteiger partial charge on any atom is 0.121 e. The third-order valence-corrected chi connectivity index (χ3v) is 8.35. The molecule has 10 nitrogen and oxygen atoms in total. The van der Waals surface area contributed by atoms with Crippen molar-refractivity contribution in [1.29, 1.82) is 0 Å². The van der Waals surface area contributed by atoms with Gasteiger partial charge in [0.1, 0.15) is 11.5 Å². The van der Waals surface area contributed by atoms with E-state index in [-0.39, 0.29) is 42.4 Å². The number of phenolic OH excluding ortho intramolecular Hbond substituents is 2. The molecule has 0 spiro atoms. The lowest BCUT2D eigenvalue weighted by Crippen LogP contribution is -2.10. The Kier molecular flexibility index (Phi) is 7.01. The van der Waals surface area contributed by atoms with Crippen molar-refractivity contribution in [3.63, 3.8) is 0 Å². The summed E-state index contributed by atoms with van der Waals surface area (Å²) in [6, 6.07) is 3.65. The van der Waals surface area contributed by atoms with Crippen LogP contribution < -0.4 is 11.5 Å². The molecule has 6 saturated heterocycles. The molecule has 0 aliphatic carbocycles. The van der Waals surface area contributed by atoms with Gasteiger partial charge in [-0.05, 0) is 34.4 Å². The summed E-state index contributed by atoms with van der Waals surface area (Å²) in [6.07, 6.45) is 6.15. The van der Waals surface area contributed by atoms with Crippen LogP contribution in [-0.4, -0.2) is 86.5 Å². The predicted molar refractivity (Wildman–Crippen MR) is 146 cm³/mol. The second kappa shape index (κ2) is 10.7. The van der Waals surface area contributed by atoms with Crippen molar-refractivity contribution >= 4 is 11.4 Å². The van der Waals surface area contributed by atoms with E-state index in [0.717, 1.165) is 111 Å². The van der Waals surface area contributed by atoms with E-state index in [2.05, 4.69) is 0 Å². The van der Waals surface area contributed by atoms with E-state index in [1.807, 2.05) is 6.07 Å². The number of epoxide rings is 6. The van der Waals surface area contributed by atoms with Crippen LogP contribution in [0.2, 0.25) is 0 Å². The Balaban J connectivity index is 0.000000132. The zero-order valence-corrected chi connectivity index (χ0v) is 22.6. The summed E-state index contributed by atoms with van der Waals surface area (Å²) in [6.45, 7) is 4.72. The molecule has 0 bridgehead atoms. The number of anilines is 2. The molecule has 6 aliphatic rings. The van der Waals surface area contributed by atoms with Gasteiger partial charge in [0.15, 0.2) is 0 Å². The Morgan fingerprint density at radius 2 is 0.825 bits per heavy atom. The van der Waals surface area contributed by atoms with Crippen molar-refractivity contribution in [2.45, 2.75) is 75.1 Å². The summed E-state index contributed by atoms with van der Waals surface area (Å²) in [5, 5.41) is 20.6. The molecule has 0 radical (unpaired) electrons. The molecule has 6 N–H and O–H groups in total. The van der Waals surface area contributed by atoms with Gasteiger partial charge < -0.3 is 50.1 Å². The summed E-state index contributed by atoms with van der Waals surface area (Å²) < 4.78 is 31.8. The van der Waals surface area contributed by atoms with Gasteiger partial charge >= 0.3 is 0 Å². The fraction of sp³-hybridized carbons (Fsp3) is 0.600. The van der Waals surface area contributed by atoms with Crippen molar-refractivity contribution in [2.75, 3.05) is 51.1 Å². The van der Waals surface area contributed by atoms with E-state index in [1.54, 1.807) is 6.07 Å². The minimum atomic E-state index is 0.214. The van der Waals surface area contributed by atoms with Crippen LogP contribution in [0, 0.1) is 0 Å². The summed E-state index contributed by atoms with van der Waals surface area (Å²) in [5.41, 5.74) is 20.2. The Hall–Kier alpha value is -2.60. The van der Waals surface area contributed by atoms with E-state index in [9.17, 15) is 10.2 Å². The Bertz CT molecular complexity index is 1260. The first-order chi connectivity index (χ1) is 19.4. The van der Waals surface area contributed by atoms with Gasteiger partial charge in [0.05, 0.1) is 76.3 Å². The third kappa shape index (κ3) is 6.64. The molecule has 6 fully saturated rings. The lowest BCUT2D eigenvalue weighted by atomic mass is 9.92. The molecule has 10 heteroatoms. The molecule has 40 heavy (non-hydrogen) atoms. The molecule has 6 atom stereocenters. The van der Waals surface area contributed by atoms with Gasteiger partial charge in [-0.3, -0.25) is 0 Å². The molecule has 216 valence electrons. The summed E-state index contributed by atoms with van der Waals surface area (Å²) in [4.78, 5) is 0. The highest BCUT2D eigenvalue weighted by Gasteiger charge is 2.33. The number of nitrogens with two attached hydrogens (primary N) is 2. The summed E-state index contributed by atoms with van der Waals surface area (Å²) in [5.74, 6) is 0.620. The predicted octanol–water partition coefficient (Wildman–Crippen LogP) is 1.60. The summed E-state index contributed by atoms with van der Waals surface area (Å²) >= 11 is 0. The Morgan fingerprint density at radius 1 is 0.475 bits per heavy atom. The number of ether oxygens (including phenoxy) is 6. The highest BCUT2D eigenvalue weighted by molar-refractivity contribution is 5.64. The smallest absolute Gasteiger partial charge is 0.121 e. The van der Waals surface area contributed by atoms with Gasteiger partial charge in [-0.25, -0.2) is 0 Å². The van der Waals surface area contributed by atoms with Gasteiger partial charge in [0, 0.05) is 61.0 Å². The second-order valence-electron chi connectivity index (χ2n) is 11.8. The van der Waals surface area contributed by atoms with Gasteiger partial charge in [-0.2, -0.15) is 0 Å². The maximum atomic E-state index is 10.3. The molecule has 0 amide bonds. The molecular formula is C30H38N2O8. The van der Waals surface area contributed by atoms with Gasteiger partial charge in [0.2, 0.25) is 0 Å². The standard InChI is InChI=1S/2C15H19NO4/c16-15-8(1-9-5-18-9)2-14(17)12(3-10-6-19-10)13(15)4-11-7-20-11;16-15-12(3-10-6-19-10)8(1-9-5-18-9)2-14(17)13(15)4-11-7-20-11/h2*2,9-11,17H,1,3-7,16H2. The minimum absolute atomic E-state index is 0.214. The molecular weight excluding hydrogens is 516 g/mol. The van der Waals surface area contributed by atoms with Crippen LogP contribution in [0.5, 0.6) is 11.5 Å². The molecule has 2 aromatic carbocycles. The lowest BCUT2D eigenvalue weighted by molar-refractivity contribution is 0.395. The van der Waals surface area contributed by atoms with Gasteiger partial charge in [-0.1, -0.05) is 0 Å². The average molecular weight is 555 g/mol. The van der Waals surface area contributed by atoms with E-state index >= 15 is 0 Å². The number of phenols is 2. The van der Waals surface area contributed by atoms with Crippen LogP contribution in [0.1, 0.15) is 33.4 Å². The minimum Gasteiger partial charge on any atom is -0.508 e. The number of nitrogen functional groups attached to an aromatic ring is 2. The molecule has 6 aliphatic heterocycles. The first kappa shape index (κ1) is 26.3. The van der Waals surface area contributed by atoms with E-state index in [0.29, 0.717) is 17.9 Å². The van der Waals surface area contributed by atoms with Crippen LogP contribution in [0.4, 0.5) is 11.4 Å². The van der Waals surface area contributed by atoms with Crippen LogP contribution >= 0.6 is 0 Å². The highest BCUT2D eigenvalue weighted by atomic mass is 16.6. The second-order valence-corrected chi connectivity index (χ2v) is 11.8. The third-order valence-electron chi connectivity index (χ3n) is 8.35. The molecule has 8 rings (SSSR count). The first-order valence-electron chi connectivity index (χ1n) is 14.3. The molecule has 6 heterocycles. The summed E-state index contributed by atoms with van der Waals surface area (Å²) in [7, 11) is 0. The molecule has 0 saturated carbocycles. The molecule has 2 aromatic rings. The van der Waals surface area contributed by atoms with Gasteiger partial charge in [0.25, 0.3) is 0 Å². The first-order valence-corrected chi connectivity index (χ1v) is 14.3. The zero-order valence-electron chi connectivity index (χ0n) is 22.6. The number of benzene rings is 2. The monoisotopic (exact) mass is 554 g/mol. The van der Waals surface area contributed by atoms with Crippen LogP contribution in [0.25, 0.3) is 0 Å². The average Bonchev–Trinajstić information content (AvgIpc) is 3.72. The van der Waals surface area contributed by atoms with Crippen molar-refractivity contribution in [2.24, 2.45) is 0 Å². The van der Waals surface area contributed by atoms with Crippen LogP contribution in [0.3, 0.4) is 0 Å². The number of hydrogen-bond donors (Lipinski definition) is 4. The van der Waals surface area contributed by atoms with E-state index in [4.69, 9.17) is 39.9 Å². The van der Waals surface area contributed by atoms with Crippen LogP contribution in [0.15, 0.2) is 12.1 Å². The number of hydrogen-bond acceptors (Lipinski definition) is 10. The van der Waals surface area contributed by atoms with Crippen molar-refractivity contribution in [3.8, 4) is 11.5 Å². The zero-order chi connectivity index (χ0) is 27.4. The highest BCUT2D eigenvalue weighted by Crippen LogP contribution is 2.38. The van der Waals surface area contributed by atoms with Gasteiger partial charge in [-0.15, -0.1) is 0 Å². The quantitative estimate of drug-likeness (QED) is 0.172. The lowest BCUT2D eigenvalue weighted by Gasteiger charge is -2.17. The fourth-order valence-corrected chi connectivity index (χ4v) is 5.46. The normalized spacial score (nSPS) is 30.3. The topological polar surface area (TPSA) is 168 Å². The number of rotatable bonds is 12. The van der Waals surface area contributed by atoms with E-state index < -0.39 is 0 Å². The largest absolute Gasteiger partial charge is 0.508 e. The molecule has 0 aromatic heterocycles. The SMILES string of the molecule is Nc1c(CC2CO2)c(O)cc(CC2CO2)c1CC1CO1.Nc1c(CC2CO2)cc(O)c(CC2CO2)c1CC1CO1. The fourth-order valence-electron chi connectivity index (χ4n) is 5.46. The maximum absolute atomic E-state index is 10.3. The van der Waals surface area contributed by atoms with Crippen molar-refractivity contribution < 1.29 is 38.6 Å². The number of aromatic hydroxyl groups is 2. The Morgan fingerprint density at radius 3 is 1.32 bits per heavy atom. The van der Waals surface area contributed by atoms with E-state index in [1.165, 1.54) is 0 Å². The molecule has 6 unspecified atom stereocenters. The van der Waals surface area contributed by atoms with Crippen molar-refractivity contribution in [3.05, 3.63) is 45.5 Å². The van der Waals surface area contributed by atoms with Crippen LogP contribution in [-0.2, 0) is 66.9 Å². The van der Waals surface area contributed by atoms with Crippen molar-refractivity contribution in [1.82, 2.24) is 0 Å². The Labute approximate surface area is 233 Å².